The maximum atomic E-state index is 13.1. The first kappa shape index (κ1) is 21.4. The molecule has 4 rings (SSSR count). The minimum atomic E-state index is -0.948. The van der Waals surface area contributed by atoms with E-state index >= 15 is 0 Å². The molecule has 0 radical (unpaired) electrons. The van der Waals surface area contributed by atoms with E-state index in [4.69, 9.17) is 40.5 Å². The van der Waals surface area contributed by atoms with E-state index in [1.165, 1.54) is 23.1 Å². The maximum absolute atomic E-state index is 13.1. The minimum Gasteiger partial charge on any atom is -0.368 e. The van der Waals surface area contributed by atoms with Gasteiger partial charge in [-0.1, -0.05) is 34.8 Å². The molecule has 160 valence electrons. The van der Waals surface area contributed by atoms with Crippen molar-refractivity contribution in [1.29, 1.82) is 0 Å². The molecule has 9 nitrogen and oxygen atoms in total. The van der Waals surface area contributed by atoms with Gasteiger partial charge in [0.1, 0.15) is 29.1 Å². The Morgan fingerprint density at radius 3 is 2.65 bits per heavy atom. The molecule has 3 amide bonds. The Labute approximate surface area is 191 Å². The molecule has 1 aliphatic heterocycles. The number of amides is 3. The zero-order valence-electron chi connectivity index (χ0n) is 15.8. The predicted octanol–water partition coefficient (Wildman–Crippen LogP) is 2.89. The van der Waals surface area contributed by atoms with Gasteiger partial charge >= 0.3 is 6.03 Å². The number of halogens is 3. The van der Waals surface area contributed by atoms with E-state index in [-0.39, 0.29) is 23.7 Å². The SMILES string of the molecule is NC(=O)CN1C(=O)N(Cc2nc3ccc(Cl)nc3[nH]2)CC1C(=O)c1ccc(Cl)cc1Cl. The molecule has 1 saturated heterocycles. The summed E-state index contributed by atoms with van der Waals surface area (Å²) in [7, 11) is 0. The fourth-order valence-electron chi connectivity index (χ4n) is 3.45. The molecule has 0 aliphatic carbocycles. The lowest BCUT2D eigenvalue weighted by Gasteiger charge is -2.21. The van der Waals surface area contributed by atoms with Crippen LogP contribution in [0, 0.1) is 0 Å². The number of hydrogen-bond acceptors (Lipinski definition) is 5. The summed E-state index contributed by atoms with van der Waals surface area (Å²) in [5.74, 6) is -0.704. The van der Waals surface area contributed by atoms with Crippen LogP contribution in [-0.4, -0.2) is 61.6 Å². The van der Waals surface area contributed by atoms with Crippen LogP contribution in [-0.2, 0) is 11.3 Å². The number of Topliss-reactive ketones (excluding diaryl/α,β-unsaturated/α-hetero) is 1. The second kappa shape index (κ2) is 8.33. The van der Waals surface area contributed by atoms with Gasteiger partial charge in [-0.15, -0.1) is 0 Å². The topological polar surface area (TPSA) is 125 Å². The number of imidazole rings is 1. The highest BCUT2D eigenvalue weighted by Crippen LogP contribution is 2.27. The van der Waals surface area contributed by atoms with Crippen molar-refractivity contribution in [3.8, 4) is 0 Å². The van der Waals surface area contributed by atoms with Crippen LogP contribution in [0.1, 0.15) is 16.2 Å². The highest BCUT2D eigenvalue weighted by molar-refractivity contribution is 6.37. The largest absolute Gasteiger partial charge is 0.368 e. The van der Waals surface area contributed by atoms with Crippen LogP contribution in [0.15, 0.2) is 30.3 Å². The number of ketones is 1. The Balaban J connectivity index is 1.61. The van der Waals surface area contributed by atoms with Crippen molar-refractivity contribution in [2.75, 3.05) is 13.1 Å². The summed E-state index contributed by atoms with van der Waals surface area (Å²) in [6.45, 7) is -0.316. The molecule has 0 bridgehead atoms. The zero-order chi connectivity index (χ0) is 22.3. The van der Waals surface area contributed by atoms with Crippen LogP contribution >= 0.6 is 34.8 Å². The highest BCUT2D eigenvalue weighted by atomic mass is 35.5. The van der Waals surface area contributed by atoms with Gasteiger partial charge in [0, 0.05) is 10.6 Å². The van der Waals surface area contributed by atoms with E-state index in [0.717, 1.165) is 4.90 Å². The Kier molecular flexibility index (Phi) is 5.74. The number of pyridine rings is 1. The molecule has 3 N–H and O–H groups in total. The number of fused-ring (bicyclic) bond motifs is 1. The molecular weight excluding hydrogens is 467 g/mol. The first-order valence-corrected chi connectivity index (χ1v) is 10.2. The van der Waals surface area contributed by atoms with E-state index in [1.54, 1.807) is 12.1 Å². The van der Waals surface area contributed by atoms with E-state index in [2.05, 4.69) is 15.0 Å². The van der Waals surface area contributed by atoms with Gasteiger partial charge < -0.3 is 20.5 Å². The number of rotatable bonds is 6. The van der Waals surface area contributed by atoms with Crippen LogP contribution in [0.4, 0.5) is 4.79 Å². The third kappa shape index (κ3) is 4.30. The Bertz CT molecular complexity index is 1210. The molecule has 0 saturated carbocycles. The second-order valence-corrected chi connectivity index (χ2v) is 8.18. The van der Waals surface area contributed by atoms with Gasteiger partial charge in [-0.25, -0.2) is 14.8 Å². The average molecular weight is 482 g/mol. The lowest BCUT2D eigenvalue weighted by Crippen LogP contribution is -2.44. The lowest BCUT2D eigenvalue weighted by atomic mass is 10.0. The first-order valence-electron chi connectivity index (χ1n) is 9.07. The number of aromatic nitrogens is 3. The molecule has 0 spiro atoms. The molecule has 1 unspecified atom stereocenters. The van der Waals surface area contributed by atoms with Gasteiger partial charge in [-0.3, -0.25) is 9.59 Å². The van der Waals surface area contributed by atoms with Gasteiger partial charge in [0.15, 0.2) is 11.4 Å². The van der Waals surface area contributed by atoms with Crippen LogP contribution < -0.4 is 5.73 Å². The van der Waals surface area contributed by atoms with Crippen LogP contribution in [0.2, 0.25) is 15.2 Å². The maximum Gasteiger partial charge on any atom is 0.321 e. The number of H-pyrrole nitrogens is 1. The number of benzene rings is 1. The van der Waals surface area contributed by atoms with Crippen LogP contribution in [0.5, 0.6) is 0 Å². The second-order valence-electron chi connectivity index (χ2n) is 6.95. The Hall–Kier alpha value is -2.88. The number of primary amides is 1. The fraction of sp³-hybridized carbons (Fsp3) is 0.211. The van der Waals surface area contributed by atoms with E-state index in [1.807, 2.05) is 0 Å². The third-order valence-electron chi connectivity index (χ3n) is 4.81. The molecule has 1 aromatic carbocycles. The molecule has 1 fully saturated rings. The quantitative estimate of drug-likeness (QED) is 0.414. The Morgan fingerprint density at radius 1 is 1.16 bits per heavy atom. The molecule has 2 aromatic heterocycles. The number of nitrogens with two attached hydrogens (primary N) is 1. The molecule has 1 aliphatic rings. The van der Waals surface area contributed by atoms with Gasteiger partial charge in [-0.2, -0.15) is 0 Å². The summed E-state index contributed by atoms with van der Waals surface area (Å²) in [5.41, 5.74) is 6.56. The Morgan fingerprint density at radius 2 is 1.94 bits per heavy atom. The zero-order valence-corrected chi connectivity index (χ0v) is 18.1. The predicted molar refractivity (Wildman–Crippen MR) is 115 cm³/mol. The normalized spacial score (nSPS) is 16.4. The lowest BCUT2D eigenvalue weighted by molar-refractivity contribution is -0.118. The summed E-state index contributed by atoms with van der Waals surface area (Å²) < 4.78 is 0. The number of nitrogens with one attached hydrogen (secondary N) is 1. The standard InChI is InChI=1S/C19H15Cl3N6O3/c20-9-1-2-10(11(21)5-9)17(30)13-6-27(19(31)28(13)7-15(23)29)8-16-24-12-3-4-14(22)25-18(12)26-16/h1-5,13H,6-8H2,(H2,23,29)(H,24,25,26). The minimum absolute atomic E-state index is 0.0229. The van der Waals surface area contributed by atoms with Crippen LogP contribution in [0.3, 0.4) is 0 Å². The monoisotopic (exact) mass is 480 g/mol. The van der Waals surface area contributed by atoms with Crippen molar-refractivity contribution in [2.24, 2.45) is 5.73 Å². The number of aromatic amines is 1. The number of nitrogens with zero attached hydrogens (tertiary/aromatic N) is 4. The molecular formula is C19H15Cl3N6O3. The highest BCUT2D eigenvalue weighted by Gasteiger charge is 2.42. The van der Waals surface area contributed by atoms with E-state index in [9.17, 15) is 14.4 Å². The average Bonchev–Trinajstić information content (AvgIpc) is 3.22. The van der Waals surface area contributed by atoms with Crippen molar-refractivity contribution in [2.45, 2.75) is 12.6 Å². The van der Waals surface area contributed by atoms with Crippen molar-refractivity contribution in [3.05, 3.63) is 56.9 Å². The molecule has 31 heavy (non-hydrogen) atoms. The van der Waals surface area contributed by atoms with Crippen LogP contribution in [0.25, 0.3) is 11.2 Å². The van der Waals surface area contributed by atoms with Crippen molar-refractivity contribution in [1.82, 2.24) is 24.8 Å². The van der Waals surface area contributed by atoms with Crippen molar-refractivity contribution >= 4 is 63.7 Å². The molecule has 12 heteroatoms. The van der Waals surface area contributed by atoms with Crippen molar-refractivity contribution in [3.63, 3.8) is 0 Å². The van der Waals surface area contributed by atoms with E-state index < -0.39 is 30.3 Å². The summed E-state index contributed by atoms with van der Waals surface area (Å²) in [6.07, 6.45) is 0. The molecule has 3 aromatic rings. The number of carbonyl (C=O) groups excluding carboxylic acids is 3. The summed E-state index contributed by atoms with van der Waals surface area (Å²) >= 11 is 18.0. The van der Waals surface area contributed by atoms with Gasteiger partial charge in [0.05, 0.1) is 18.1 Å². The summed E-state index contributed by atoms with van der Waals surface area (Å²) in [6, 6.07) is 6.29. The number of hydrogen-bond donors (Lipinski definition) is 2. The van der Waals surface area contributed by atoms with Crippen molar-refractivity contribution < 1.29 is 14.4 Å². The number of carbonyl (C=O) groups is 3. The van der Waals surface area contributed by atoms with E-state index in [0.29, 0.717) is 27.2 Å². The molecule has 3 heterocycles. The van der Waals surface area contributed by atoms with Gasteiger partial charge in [-0.05, 0) is 30.3 Å². The first-order chi connectivity index (χ1) is 14.7. The van der Waals surface area contributed by atoms with Gasteiger partial charge in [0.2, 0.25) is 5.91 Å². The smallest absolute Gasteiger partial charge is 0.321 e. The number of urea groups is 1. The third-order valence-corrected chi connectivity index (χ3v) is 5.57. The summed E-state index contributed by atoms with van der Waals surface area (Å²) in [4.78, 5) is 51.7. The molecule has 1 atom stereocenters. The van der Waals surface area contributed by atoms with Gasteiger partial charge in [0.25, 0.3) is 0 Å². The fourth-order valence-corrected chi connectivity index (χ4v) is 4.10. The summed E-state index contributed by atoms with van der Waals surface area (Å²) in [5, 5.41) is 0.832.